The highest BCUT2D eigenvalue weighted by Gasteiger charge is 2.33. The Morgan fingerprint density at radius 3 is 2.52 bits per heavy atom. The predicted molar refractivity (Wildman–Crippen MR) is 101 cm³/mol. The molecule has 1 aliphatic carbocycles. The van der Waals surface area contributed by atoms with E-state index in [0.717, 1.165) is 12.8 Å². The van der Waals surface area contributed by atoms with Crippen LogP contribution in [0, 0.1) is 18.6 Å². The molecule has 3 aromatic rings. The van der Waals surface area contributed by atoms with Crippen LogP contribution in [0.25, 0.3) is 11.0 Å². The minimum absolute atomic E-state index is 0.0165. The number of furan rings is 1. The molecule has 1 amide bonds. The summed E-state index contributed by atoms with van der Waals surface area (Å²) < 4.78 is 38.3. The van der Waals surface area contributed by atoms with E-state index in [1.165, 1.54) is 23.1 Å². The van der Waals surface area contributed by atoms with Gasteiger partial charge in [-0.1, -0.05) is 30.3 Å². The molecule has 4 rings (SSSR count). The van der Waals surface area contributed by atoms with E-state index in [1.54, 1.807) is 31.2 Å². The zero-order chi connectivity index (χ0) is 20.5. The quantitative estimate of drug-likeness (QED) is 0.578. The number of amides is 1. The van der Waals surface area contributed by atoms with Crippen LogP contribution in [0.3, 0.4) is 0 Å². The van der Waals surface area contributed by atoms with Crippen LogP contribution < -0.4 is 0 Å². The Morgan fingerprint density at radius 1 is 1.10 bits per heavy atom. The number of ether oxygens (including phenoxy) is 1. The number of halogens is 2. The van der Waals surface area contributed by atoms with E-state index >= 15 is 0 Å². The first kappa shape index (κ1) is 19.1. The van der Waals surface area contributed by atoms with Crippen molar-refractivity contribution in [2.24, 2.45) is 0 Å². The molecule has 0 unspecified atom stereocenters. The van der Waals surface area contributed by atoms with Crippen molar-refractivity contribution in [1.82, 2.24) is 4.90 Å². The fraction of sp³-hybridized carbons (Fsp3) is 0.273. The lowest BCUT2D eigenvalue weighted by Crippen LogP contribution is -2.36. The molecule has 1 saturated carbocycles. The number of carbonyl (C=O) groups excluding carboxylic acids is 2. The average molecular weight is 399 g/mol. The lowest BCUT2D eigenvalue weighted by molar-refractivity contribution is -0.135. The number of fused-ring (bicyclic) bond motifs is 1. The molecule has 0 spiro atoms. The Hall–Kier alpha value is -3.22. The van der Waals surface area contributed by atoms with Gasteiger partial charge in [0.1, 0.15) is 5.82 Å². The lowest BCUT2D eigenvalue weighted by atomic mass is 10.1. The summed E-state index contributed by atoms with van der Waals surface area (Å²) in [6, 6.07) is 10.7. The van der Waals surface area contributed by atoms with Gasteiger partial charge >= 0.3 is 5.97 Å². The van der Waals surface area contributed by atoms with Crippen LogP contribution in [-0.2, 0) is 16.1 Å². The smallest absolute Gasteiger partial charge is 0.375 e. The summed E-state index contributed by atoms with van der Waals surface area (Å²) >= 11 is 0. The predicted octanol–water partition coefficient (Wildman–Crippen LogP) is 4.37. The molecular formula is C22H19F2NO4. The molecule has 5 nitrogen and oxygen atoms in total. The number of esters is 1. The van der Waals surface area contributed by atoms with Crippen molar-refractivity contribution >= 4 is 22.8 Å². The number of benzene rings is 2. The third-order valence-corrected chi connectivity index (χ3v) is 5.03. The molecule has 7 heteroatoms. The Morgan fingerprint density at radius 2 is 1.83 bits per heavy atom. The molecular weight excluding hydrogens is 380 g/mol. The van der Waals surface area contributed by atoms with Gasteiger partial charge in [0.25, 0.3) is 5.91 Å². The largest absolute Gasteiger partial charge is 0.450 e. The monoisotopic (exact) mass is 399 g/mol. The number of rotatable bonds is 6. The van der Waals surface area contributed by atoms with Gasteiger partial charge in [-0.3, -0.25) is 4.79 Å². The maximum atomic E-state index is 13.9. The van der Waals surface area contributed by atoms with Gasteiger partial charge in [-0.05, 0) is 31.9 Å². The van der Waals surface area contributed by atoms with Gasteiger partial charge in [-0.15, -0.1) is 0 Å². The van der Waals surface area contributed by atoms with Gasteiger partial charge in [0, 0.05) is 29.1 Å². The Labute approximate surface area is 165 Å². The molecule has 1 aromatic heterocycles. The fourth-order valence-electron chi connectivity index (χ4n) is 3.30. The number of carbonyl (C=O) groups is 2. The first-order chi connectivity index (χ1) is 14.0. The van der Waals surface area contributed by atoms with E-state index in [-0.39, 0.29) is 29.7 Å². The van der Waals surface area contributed by atoms with Crippen LogP contribution in [0.1, 0.15) is 34.5 Å². The standard InChI is InChI=1S/C22H19F2NO4/c1-13-16-6-4-8-18(24)21(16)29-20(13)22(27)28-12-19(26)25(15-9-10-15)11-14-5-2-3-7-17(14)23/h2-8,15H,9-12H2,1H3. The molecule has 1 aliphatic rings. The van der Waals surface area contributed by atoms with Gasteiger partial charge in [0.15, 0.2) is 18.0 Å². The summed E-state index contributed by atoms with van der Waals surface area (Å²) in [5.41, 5.74) is 0.826. The summed E-state index contributed by atoms with van der Waals surface area (Å²) in [6.45, 7) is 1.24. The fourth-order valence-corrected chi connectivity index (χ4v) is 3.30. The van der Waals surface area contributed by atoms with Crippen molar-refractivity contribution < 1.29 is 27.5 Å². The van der Waals surface area contributed by atoms with E-state index in [0.29, 0.717) is 16.5 Å². The molecule has 0 bridgehead atoms. The zero-order valence-corrected chi connectivity index (χ0v) is 15.8. The van der Waals surface area contributed by atoms with Crippen molar-refractivity contribution in [2.45, 2.75) is 32.4 Å². The first-order valence-corrected chi connectivity index (χ1v) is 9.33. The van der Waals surface area contributed by atoms with Crippen LogP contribution in [-0.4, -0.2) is 29.4 Å². The molecule has 1 heterocycles. The molecule has 0 radical (unpaired) electrons. The molecule has 0 saturated heterocycles. The molecule has 1 fully saturated rings. The normalized spacial score (nSPS) is 13.5. The van der Waals surface area contributed by atoms with Crippen molar-refractivity contribution in [2.75, 3.05) is 6.61 Å². The van der Waals surface area contributed by atoms with Crippen molar-refractivity contribution in [3.8, 4) is 0 Å². The van der Waals surface area contributed by atoms with E-state index < -0.39 is 24.3 Å². The maximum absolute atomic E-state index is 13.9. The number of nitrogens with zero attached hydrogens (tertiary/aromatic N) is 1. The minimum atomic E-state index is -0.840. The lowest BCUT2D eigenvalue weighted by Gasteiger charge is -2.22. The maximum Gasteiger partial charge on any atom is 0.375 e. The molecule has 29 heavy (non-hydrogen) atoms. The Balaban J connectivity index is 1.45. The van der Waals surface area contributed by atoms with Gasteiger partial charge < -0.3 is 14.1 Å². The highest BCUT2D eigenvalue weighted by atomic mass is 19.1. The highest BCUT2D eigenvalue weighted by Crippen LogP contribution is 2.30. The van der Waals surface area contributed by atoms with Crippen LogP contribution in [0.2, 0.25) is 0 Å². The Bertz CT molecular complexity index is 1090. The second-order valence-electron chi connectivity index (χ2n) is 7.09. The van der Waals surface area contributed by atoms with Gasteiger partial charge in [-0.25, -0.2) is 13.6 Å². The van der Waals surface area contributed by atoms with Gasteiger partial charge in [0.05, 0.1) is 0 Å². The van der Waals surface area contributed by atoms with Crippen LogP contribution >= 0.6 is 0 Å². The van der Waals surface area contributed by atoms with Crippen LogP contribution in [0.15, 0.2) is 46.9 Å². The van der Waals surface area contributed by atoms with E-state index in [2.05, 4.69) is 0 Å². The molecule has 0 aliphatic heterocycles. The van der Waals surface area contributed by atoms with Gasteiger partial charge in [-0.2, -0.15) is 0 Å². The summed E-state index contributed by atoms with van der Waals surface area (Å²) in [5, 5.41) is 0.474. The Kier molecular flexibility index (Phi) is 5.05. The van der Waals surface area contributed by atoms with Crippen molar-refractivity contribution in [3.05, 3.63) is 71.0 Å². The molecule has 0 atom stereocenters. The third kappa shape index (κ3) is 3.85. The number of aryl methyl sites for hydroxylation is 1. The van der Waals surface area contributed by atoms with E-state index in [4.69, 9.17) is 9.15 Å². The summed E-state index contributed by atoms with van der Waals surface area (Å²) in [7, 11) is 0. The second-order valence-corrected chi connectivity index (χ2v) is 7.09. The second kappa shape index (κ2) is 7.66. The number of hydrogen-bond donors (Lipinski definition) is 0. The highest BCUT2D eigenvalue weighted by molar-refractivity contribution is 5.96. The van der Waals surface area contributed by atoms with Crippen molar-refractivity contribution in [3.63, 3.8) is 0 Å². The van der Waals surface area contributed by atoms with Crippen molar-refractivity contribution in [1.29, 1.82) is 0 Å². The topological polar surface area (TPSA) is 59.8 Å². The minimum Gasteiger partial charge on any atom is -0.450 e. The summed E-state index contributed by atoms with van der Waals surface area (Å²) in [4.78, 5) is 26.5. The van der Waals surface area contributed by atoms with Gasteiger partial charge in [0.2, 0.25) is 5.76 Å². The zero-order valence-electron chi connectivity index (χ0n) is 15.8. The number of para-hydroxylation sites is 1. The number of hydrogen-bond acceptors (Lipinski definition) is 4. The summed E-state index contributed by atoms with van der Waals surface area (Å²) in [5.74, 6) is -2.35. The first-order valence-electron chi connectivity index (χ1n) is 9.33. The molecule has 150 valence electrons. The average Bonchev–Trinajstić information content (AvgIpc) is 3.49. The third-order valence-electron chi connectivity index (χ3n) is 5.03. The van der Waals surface area contributed by atoms with Crippen LogP contribution in [0.5, 0.6) is 0 Å². The summed E-state index contributed by atoms with van der Waals surface area (Å²) in [6.07, 6.45) is 1.66. The SMILES string of the molecule is Cc1c(C(=O)OCC(=O)N(Cc2ccccc2F)C2CC2)oc2c(F)cccc12. The van der Waals surface area contributed by atoms with Crippen LogP contribution in [0.4, 0.5) is 8.78 Å². The van der Waals surface area contributed by atoms with E-state index in [1.807, 2.05) is 0 Å². The molecule has 2 aromatic carbocycles. The van der Waals surface area contributed by atoms with E-state index in [9.17, 15) is 18.4 Å². The molecule has 0 N–H and O–H groups in total.